The first-order valence-corrected chi connectivity index (χ1v) is 5.67. The Bertz CT molecular complexity index is 551. The predicted molar refractivity (Wildman–Crippen MR) is 64.0 cm³/mol. The molecule has 0 unspecified atom stereocenters. The monoisotopic (exact) mass is 246 g/mol. The molecule has 0 fully saturated rings. The lowest BCUT2D eigenvalue weighted by molar-refractivity contribution is -0.138. The number of hydrogen-bond acceptors (Lipinski definition) is 4. The fourth-order valence-electron chi connectivity index (χ4n) is 1.69. The molecule has 0 saturated heterocycles. The molecule has 0 amide bonds. The van der Waals surface area contributed by atoms with E-state index in [1.54, 1.807) is 0 Å². The Kier molecular flexibility index (Phi) is 3.66. The maximum absolute atomic E-state index is 10.5. The number of tetrazole rings is 1. The van der Waals surface area contributed by atoms with Gasteiger partial charge in [-0.05, 0) is 24.1 Å². The quantitative estimate of drug-likeness (QED) is 0.845. The molecule has 2 rings (SSSR count). The van der Waals surface area contributed by atoms with Crippen molar-refractivity contribution in [3.05, 3.63) is 41.2 Å². The lowest BCUT2D eigenvalue weighted by Crippen LogP contribution is -2.11. The van der Waals surface area contributed by atoms with Gasteiger partial charge >= 0.3 is 5.97 Å². The summed E-state index contributed by atoms with van der Waals surface area (Å²) < 4.78 is 0. The van der Waals surface area contributed by atoms with E-state index < -0.39 is 5.97 Å². The van der Waals surface area contributed by atoms with Crippen LogP contribution in [0.4, 0.5) is 0 Å². The predicted octanol–water partition coefficient (Wildman–Crippen LogP) is 0.851. The Hall–Kier alpha value is -2.24. The largest absolute Gasteiger partial charge is 0.480 e. The van der Waals surface area contributed by atoms with Crippen LogP contribution in [0.2, 0.25) is 0 Å². The van der Waals surface area contributed by atoms with Gasteiger partial charge in [0.05, 0.1) is 0 Å². The van der Waals surface area contributed by atoms with Crippen LogP contribution in [0.3, 0.4) is 0 Å². The van der Waals surface area contributed by atoms with Crippen LogP contribution >= 0.6 is 0 Å². The second kappa shape index (κ2) is 5.39. The van der Waals surface area contributed by atoms with Crippen LogP contribution in [0.5, 0.6) is 0 Å². The van der Waals surface area contributed by atoms with Crippen molar-refractivity contribution in [2.24, 2.45) is 0 Å². The van der Waals surface area contributed by atoms with Crippen molar-refractivity contribution in [1.29, 1.82) is 0 Å². The number of aryl methyl sites for hydroxylation is 3. The molecule has 1 aromatic heterocycles. The fourth-order valence-corrected chi connectivity index (χ4v) is 1.69. The van der Waals surface area contributed by atoms with Gasteiger partial charge in [-0.15, -0.1) is 10.2 Å². The van der Waals surface area contributed by atoms with E-state index in [0.29, 0.717) is 12.2 Å². The van der Waals surface area contributed by atoms with E-state index in [1.807, 2.05) is 19.1 Å². The van der Waals surface area contributed by atoms with Gasteiger partial charge in [-0.2, -0.15) is 4.80 Å². The Morgan fingerprint density at radius 2 is 2.22 bits per heavy atom. The van der Waals surface area contributed by atoms with Crippen molar-refractivity contribution in [2.45, 2.75) is 26.3 Å². The summed E-state index contributed by atoms with van der Waals surface area (Å²) >= 11 is 0. The zero-order chi connectivity index (χ0) is 13.0. The molecule has 0 aliphatic carbocycles. The number of carboxylic acid groups (broad SMARTS) is 1. The van der Waals surface area contributed by atoms with Crippen LogP contribution < -0.4 is 0 Å². The SMILES string of the molecule is Cc1cccc(CCc2nnn(CC(=O)O)n2)c1. The van der Waals surface area contributed by atoms with Gasteiger partial charge in [-0.25, -0.2) is 0 Å². The smallest absolute Gasteiger partial charge is 0.327 e. The maximum atomic E-state index is 10.5. The highest BCUT2D eigenvalue weighted by Crippen LogP contribution is 2.06. The average Bonchev–Trinajstić information content (AvgIpc) is 2.73. The Balaban J connectivity index is 1.94. The third kappa shape index (κ3) is 3.38. The van der Waals surface area contributed by atoms with E-state index in [0.717, 1.165) is 11.2 Å². The van der Waals surface area contributed by atoms with Gasteiger partial charge in [0.2, 0.25) is 0 Å². The number of benzene rings is 1. The van der Waals surface area contributed by atoms with Crippen LogP contribution in [0.15, 0.2) is 24.3 Å². The number of aromatic nitrogens is 4. The third-order valence-electron chi connectivity index (χ3n) is 2.49. The zero-order valence-corrected chi connectivity index (χ0v) is 10.1. The van der Waals surface area contributed by atoms with Crippen LogP contribution in [-0.4, -0.2) is 31.3 Å². The van der Waals surface area contributed by atoms with Crippen LogP contribution in [-0.2, 0) is 24.2 Å². The molecule has 6 heteroatoms. The van der Waals surface area contributed by atoms with Crippen molar-refractivity contribution >= 4 is 5.97 Å². The van der Waals surface area contributed by atoms with Crippen molar-refractivity contribution in [1.82, 2.24) is 20.2 Å². The minimum atomic E-state index is -0.974. The summed E-state index contributed by atoms with van der Waals surface area (Å²) in [7, 11) is 0. The molecule has 0 saturated carbocycles. The van der Waals surface area contributed by atoms with Gasteiger partial charge in [-0.3, -0.25) is 4.79 Å². The zero-order valence-electron chi connectivity index (χ0n) is 10.1. The van der Waals surface area contributed by atoms with Crippen LogP contribution in [0, 0.1) is 6.92 Å². The van der Waals surface area contributed by atoms with Crippen molar-refractivity contribution < 1.29 is 9.90 Å². The molecule has 0 atom stereocenters. The van der Waals surface area contributed by atoms with E-state index in [1.165, 1.54) is 11.1 Å². The second-order valence-electron chi connectivity index (χ2n) is 4.12. The maximum Gasteiger partial charge on any atom is 0.327 e. The van der Waals surface area contributed by atoms with E-state index in [-0.39, 0.29) is 6.54 Å². The topological polar surface area (TPSA) is 80.9 Å². The highest BCUT2D eigenvalue weighted by atomic mass is 16.4. The fraction of sp³-hybridized carbons (Fsp3) is 0.333. The molecule has 2 aromatic rings. The summed E-state index contributed by atoms with van der Waals surface area (Å²) in [5.74, 6) is -0.407. The normalized spacial score (nSPS) is 10.5. The van der Waals surface area contributed by atoms with Gasteiger partial charge in [0, 0.05) is 6.42 Å². The lowest BCUT2D eigenvalue weighted by Gasteiger charge is -1.99. The van der Waals surface area contributed by atoms with Gasteiger partial charge in [-0.1, -0.05) is 29.8 Å². The Morgan fingerprint density at radius 3 is 2.94 bits per heavy atom. The number of carbonyl (C=O) groups is 1. The number of aliphatic carboxylic acids is 1. The summed E-state index contributed by atoms with van der Waals surface area (Å²) in [4.78, 5) is 11.6. The van der Waals surface area contributed by atoms with E-state index in [9.17, 15) is 4.79 Å². The minimum Gasteiger partial charge on any atom is -0.480 e. The lowest BCUT2D eigenvalue weighted by atomic mass is 10.1. The molecular formula is C12H14N4O2. The van der Waals surface area contributed by atoms with Crippen LogP contribution in [0.25, 0.3) is 0 Å². The molecule has 18 heavy (non-hydrogen) atoms. The summed E-state index contributed by atoms with van der Waals surface area (Å²) in [6.07, 6.45) is 1.48. The molecule has 0 aliphatic rings. The first-order valence-electron chi connectivity index (χ1n) is 5.67. The molecule has 6 nitrogen and oxygen atoms in total. The molecule has 1 heterocycles. The number of hydrogen-bond donors (Lipinski definition) is 1. The molecule has 0 bridgehead atoms. The van der Waals surface area contributed by atoms with Crippen LogP contribution in [0.1, 0.15) is 17.0 Å². The van der Waals surface area contributed by atoms with Crippen molar-refractivity contribution in [2.75, 3.05) is 0 Å². The standard InChI is InChI=1S/C12H14N4O2/c1-9-3-2-4-10(7-9)5-6-11-13-15-16(14-11)8-12(17)18/h2-4,7H,5-6,8H2,1H3,(H,17,18). The number of nitrogens with zero attached hydrogens (tertiary/aromatic N) is 4. The molecule has 0 radical (unpaired) electrons. The summed E-state index contributed by atoms with van der Waals surface area (Å²) in [6.45, 7) is 1.79. The second-order valence-corrected chi connectivity index (χ2v) is 4.12. The van der Waals surface area contributed by atoms with Gasteiger partial charge in [0.25, 0.3) is 0 Å². The summed E-state index contributed by atoms with van der Waals surface area (Å²) in [5.41, 5.74) is 2.43. The molecule has 1 aromatic carbocycles. The molecule has 0 aliphatic heterocycles. The Morgan fingerprint density at radius 1 is 1.39 bits per heavy atom. The highest BCUT2D eigenvalue weighted by molar-refractivity contribution is 5.66. The third-order valence-corrected chi connectivity index (χ3v) is 2.49. The van der Waals surface area contributed by atoms with Gasteiger partial charge in [0.1, 0.15) is 0 Å². The molecular weight excluding hydrogens is 232 g/mol. The molecule has 94 valence electrons. The van der Waals surface area contributed by atoms with E-state index in [2.05, 4.69) is 27.5 Å². The highest BCUT2D eigenvalue weighted by Gasteiger charge is 2.06. The van der Waals surface area contributed by atoms with Crippen molar-refractivity contribution in [3.63, 3.8) is 0 Å². The van der Waals surface area contributed by atoms with Crippen molar-refractivity contribution in [3.8, 4) is 0 Å². The van der Waals surface area contributed by atoms with E-state index in [4.69, 9.17) is 5.11 Å². The minimum absolute atomic E-state index is 0.253. The first kappa shape index (κ1) is 12.2. The Labute approximate surface area is 104 Å². The van der Waals surface area contributed by atoms with Gasteiger partial charge in [0.15, 0.2) is 12.4 Å². The molecule has 1 N–H and O–H groups in total. The average molecular weight is 246 g/mol. The first-order chi connectivity index (χ1) is 8.63. The number of carboxylic acids is 1. The van der Waals surface area contributed by atoms with Gasteiger partial charge < -0.3 is 5.11 Å². The number of rotatable bonds is 5. The summed E-state index contributed by atoms with van der Waals surface area (Å²) in [6, 6.07) is 8.22. The van der Waals surface area contributed by atoms with E-state index >= 15 is 0 Å². The summed E-state index contributed by atoms with van der Waals surface area (Å²) in [5, 5.41) is 20.1. The molecule has 0 spiro atoms.